The largest absolute Gasteiger partial charge is 0.490 e. The number of carboxylic acid groups (broad SMARTS) is 2. The van der Waals surface area contributed by atoms with Crippen molar-refractivity contribution in [2.45, 2.75) is 32.5 Å². The number of nitrogens with one attached hydrogen (secondary N) is 1. The molecule has 0 atom stereocenters. The molecule has 144 valence electrons. The third kappa shape index (κ3) is 8.93. The Morgan fingerprint density at radius 2 is 1.92 bits per heavy atom. The van der Waals surface area contributed by atoms with Gasteiger partial charge in [0.15, 0.2) is 0 Å². The lowest BCUT2D eigenvalue weighted by atomic mass is 10.3. The first-order valence-corrected chi connectivity index (χ1v) is 7.35. The van der Waals surface area contributed by atoms with E-state index in [1.165, 1.54) is 6.20 Å². The summed E-state index contributed by atoms with van der Waals surface area (Å²) < 4.78 is 32.5. The summed E-state index contributed by atoms with van der Waals surface area (Å²) in [6, 6.07) is 0. The van der Waals surface area contributed by atoms with Crippen LogP contribution >= 0.6 is 11.6 Å². The lowest BCUT2D eigenvalue weighted by Gasteiger charge is -2.07. The van der Waals surface area contributed by atoms with Crippen LogP contribution in [0.3, 0.4) is 0 Å². The van der Waals surface area contributed by atoms with Crippen molar-refractivity contribution >= 4 is 29.2 Å². The highest BCUT2D eigenvalue weighted by Gasteiger charge is 2.38. The van der Waals surface area contributed by atoms with Crippen molar-refractivity contribution in [2.24, 2.45) is 0 Å². The summed E-state index contributed by atoms with van der Waals surface area (Å²) in [4.78, 5) is 31.1. The fourth-order valence-electron chi connectivity index (χ4n) is 1.30. The number of aliphatic carboxylic acids is 2. The molecular weight excluding hydrogens is 383 g/mol. The average Bonchev–Trinajstić information content (AvgIpc) is 2.53. The van der Waals surface area contributed by atoms with E-state index >= 15 is 0 Å². The molecule has 26 heavy (non-hydrogen) atoms. The summed E-state index contributed by atoms with van der Waals surface area (Å²) in [6.07, 6.45) is -2.32. The predicted molar refractivity (Wildman–Crippen MR) is 86.0 cm³/mol. The van der Waals surface area contributed by atoms with Gasteiger partial charge in [-0.25, -0.2) is 9.48 Å². The topological polar surface area (TPSA) is 122 Å². The van der Waals surface area contributed by atoms with E-state index < -0.39 is 30.2 Å². The molecule has 0 saturated carbocycles. The van der Waals surface area contributed by atoms with Crippen molar-refractivity contribution in [2.75, 3.05) is 11.9 Å². The van der Waals surface area contributed by atoms with Gasteiger partial charge in [-0.2, -0.15) is 18.3 Å². The molecule has 12 heteroatoms. The van der Waals surface area contributed by atoms with Gasteiger partial charge in [0.1, 0.15) is 11.6 Å². The maximum atomic E-state index is 11.7. The molecule has 0 aromatic carbocycles. The number of nitrogens with zero attached hydrogens (tertiary/aromatic N) is 2. The Morgan fingerprint density at radius 1 is 1.35 bits per heavy atom. The average molecular weight is 398 g/mol. The molecule has 8 nitrogen and oxygen atoms in total. The third-order valence-corrected chi connectivity index (χ3v) is 2.74. The molecule has 0 radical (unpaired) electrons. The summed E-state index contributed by atoms with van der Waals surface area (Å²) in [7, 11) is 0. The lowest BCUT2D eigenvalue weighted by Crippen LogP contribution is -2.27. The molecular formula is C14H15ClF3N3O5. The fraction of sp³-hybridized carbons (Fsp3) is 0.429. The first kappa shape index (κ1) is 23.3. The molecule has 1 aromatic rings. The van der Waals surface area contributed by atoms with Crippen LogP contribution in [-0.2, 0) is 16.1 Å². The number of halogens is 4. The van der Waals surface area contributed by atoms with Gasteiger partial charge in [0, 0.05) is 19.4 Å². The molecule has 1 heterocycles. The van der Waals surface area contributed by atoms with E-state index in [2.05, 4.69) is 22.3 Å². The smallest absolute Gasteiger partial charge is 0.480 e. The van der Waals surface area contributed by atoms with E-state index in [9.17, 15) is 22.8 Å². The minimum Gasteiger partial charge on any atom is -0.480 e. The standard InChI is InChI=1S/C12H14ClN3O3.C2HF3O2/c1-2-3-4-5-6-14-9-7-15-16(8-10(17)18)12(19)11(9)13;3-2(4,5)1(6)7/h7,14H,2,5-6,8H2,1H3,(H,17,18);(H,6,7). The van der Waals surface area contributed by atoms with Gasteiger partial charge < -0.3 is 15.5 Å². The highest BCUT2D eigenvalue weighted by atomic mass is 35.5. The maximum absolute atomic E-state index is 11.7. The van der Waals surface area contributed by atoms with E-state index in [-0.39, 0.29) is 5.02 Å². The number of hydrogen-bond acceptors (Lipinski definition) is 5. The van der Waals surface area contributed by atoms with Gasteiger partial charge in [0.05, 0.1) is 11.9 Å². The summed E-state index contributed by atoms with van der Waals surface area (Å²) in [5.74, 6) is 1.95. The number of hydrogen-bond donors (Lipinski definition) is 3. The second-order valence-electron chi connectivity index (χ2n) is 4.42. The van der Waals surface area contributed by atoms with E-state index in [0.717, 1.165) is 11.1 Å². The number of anilines is 1. The summed E-state index contributed by atoms with van der Waals surface area (Å²) >= 11 is 5.86. The van der Waals surface area contributed by atoms with Crippen LogP contribution in [0.4, 0.5) is 18.9 Å². The molecule has 1 rings (SSSR count). The lowest BCUT2D eigenvalue weighted by molar-refractivity contribution is -0.192. The maximum Gasteiger partial charge on any atom is 0.490 e. The molecule has 0 amide bonds. The van der Waals surface area contributed by atoms with Crippen LogP contribution in [0.15, 0.2) is 11.0 Å². The second kappa shape index (κ2) is 11.0. The monoisotopic (exact) mass is 397 g/mol. The third-order valence-electron chi connectivity index (χ3n) is 2.38. The van der Waals surface area contributed by atoms with Gasteiger partial charge >= 0.3 is 18.1 Å². The van der Waals surface area contributed by atoms with Crippen molar-refractivity contribution < 1.29 is 33.0 Å². The zero-order valence-corrected chi connectivity index (χ0v) is 14.2. The molecule has 0 aliphatic rings. The number of carboxylic acids is 2. The van der Waals surface area contributed by atoms with E-state index in [1.54, 1.807) is 0 Å². The Kier molecular flexibility index (Phi) is 9.83. The summed E-state index contributed by atoms with van der Waals surface area (Å²) in [5, 5.41) is 22.3. The highest BCUT2D eigenvalue weighted by Crippen LogP contribution is 2.15. The van der Waals surface area contributed by atoms with Crippen molar-refractivity contribution in [3.8, 4) is 11.8 Å². The summed E-state index contributed by atoms with van der Waals surface area (Å²) in [5.41, 5.74) is -0.250. The fourth-order valence-corrected chi connectivity index (χ4v) is 1.52. The van der Waals surface area contributed by atoms with Crippen LogP contribution in [0.5, 0.6) is 0 Å². The number of alkyl halides is 3. The predicted octanol–water partition coefficient (Wildman–Crippen LogP) is 1.83. The van der Waals surface area contributed by atoms with Gasteiger partial charge in [0.2, 0.25) is 0 Å². The molecule has 0 unspecified atom stereocenters. The van der Waals surface area contributed by atoms with Crippen molar-refractivity contribution in [1.29, 1.82) is 0 Å². The Labute approximate surface area is 150 Å². The Balaban J connectivity index is 0.000000758. The van der Waals surface area contributed by atoms with Crippen molar-refractivity contribution in [1.82, 2.24) is 9.78 Å². The van der Waals surface area contributed by atoms with Gasteiger partial charge in [0.25, 0.3) is 5.56 Å². The van der Waals surface area contributed by atoms with Gasteiger partial charge in [-0.15, -0.1) is 11.8 Å². The second-order valence-corrected chi connectivity index (χ2v) is 4.79. The molecule has 3 N–H and O–H groups in total. The Morgan fingerprint density at radius 3 is 2.38 bits per heavy atom. The minimum absolute atomic E-state index is 0.0697. The highest BCUT2D eigenvalue weighted by molar-refractivity contribution is 6.32. The van der Waals surface area contributed by atoms with Crippen LogP contribution in [0.1, 0.15) is 19.8 Å². The first-order valence-electron chi connectivity index (χ1n) is 6.97. The van der Waals surface area contributed by atoms with E-state index in [1.807, 2.05) is 6.92 Å². The molecule has 1 aromatic heterocycles. The number of rotatable bonds is 5. The number of carbonyl (C=O) groups is 2. The van der Waals surface area contributed by atoms with Crippen molar-refractivity contribution in [3.63, 3.8) is 0 Å². The molecule has 0 fully saturated rings. The molecule has 0 saturated heterocycles. The molecule has 0 spiro atoms. The van der Waals surface area contributed by atoms with Crippen LogP contribution < -0.4 is 10.9 Å². The van der Waals surface area contributed by atoms with Gasteiger partial charge in [-0.3, -0.25) is 9.59 Å². The first-order chi connectivity index (χ1) is 12.0. The Hall–Kier alpha value is -2.74. The van der Waals surface area contributed by atoms with Crippen molar-refractivity contribution in [3.05, 3.63) is 21.6 Å². The number of aromatic nitrogens is 2. The zero-order valence-electron chi connectivity index (χ0n) is 13.4. The van der Waals surface area contributed by atoms with Gasteiger partial charge in [-0.1, -0.05) is 18.5 Å². The van der Waals surface area contributed by atoms with Crippen LogP contribution in [-0.4, -0.2) is 44.7 Å². The van der Waals surface area contributed by atoms with Crippen LogP contribution in [0, 0.1) is 11.8 Å². The quantitative estimate of drug-likeness (QED) is 0.512. The van der Waals surface area contributed by atoms with Crippen LogP contribution in [0.25, 0.3) is 0 Å². The summed E-state index contributed by atoms with van der Waals surface area (Å²) in [6.45, 7) is 1.99. The van der Waals surface area contributed by atoms with E-state index in [0.29, 0.717) is 18.7 Å². The Bertz CT molecular complexity index is 753. The molecule has 0 bridgehead atoms. The normalized spacial score (nSPS) is 10.0. The minimum atomic E-state index is -5.08. The zero-order chi connectivity index (χ0) is 20.3. The van der Waals surface area contributed by atoms with E-state index in [4.69, 9.17) is 26.6 Å². The van der Waals surface area contributed by atoms with Gasteiger partial charge in [-0.05, 0) is 0 Å². The molecule has 0 aliphatic carbocycles. The molecule has 0 aliphatic heterocycles. The SMILES string of the molecule is CCC#CCCNc1cnn(CC(=O)O)c(=O)c1Cl.O=C(O)C(F)(F)F. The van der Waals surface area contributed by atoms with Crippen LogP contribution in [0.2, 0.25) is 5.02 Å².